The van der Waals surface area contributed by atoms with Crippen LogP contribution in [0.25, 0.3) is 11.0 Å². The molecule has 120 valence electrons. The van der Waals surface area contributed by atoms with Crippen LogP contribution in [0, 0.1) is 11.3 Å². The SMILES string of the molecule is O=C(O)c1cc2cc(NC(=O)C3CC34CCOCC4)ccc2o1. The molecule has 1 aromatic heterocycles. The van der Waals surface area contributed by atoms with Crippen LogP contribution in [-0.2, 0) is 9.53 Å². The minimum atomic E-state index is -1.11. The Bertz CT molecular complexity index is 787. The van der Waals surface area contributed by atoms with Crippen molar-refractivity contribution in [2.24, 2.45) is 11.3 Å². The quantitative estimate of drug-likeness (QED) is 0.909. The fourth-order valence-electron chi connectivity index (χ4n) is 3.50. The Labute approximate surface area is 132 Å². The molecule has 1 aliphatic heterocycles. The van der Waals surface area contributed by atoms with Gasteiger partial charge in [-0.3, -0.25) is 4.79 Å². The molecule has 2 fully saturated rings. The van der Waals surface area contributed by atoms with Crippen molar-refractivity contribution in [1.29, 1.82) is 0 Å². The predicted molar refractivity (Wildman–Crippen MR) is 82.4 cm³/mol. The second-order valence-electron chi connectivity index (χ2n) is 6.39. The van der Waals surface area contributed by atoms with Gasteiger partial charge in [0.05, 0.1) is 0 Å². The largest absolute Gasteiger partial charge is 0.475 e. The van der Waals surface area contributed by atoms with E-state index in [9.17, 15) is 9.59 Å². The van der Waals surface area contributed by atoms with Gasteiger partial charge in [-0.05, 0) is 48.9 Å². The number of nitrogens with one attached hydrogen (secondary N) is 1. The molecular weight excluding hydrogens is 298 g/mol. The van der Waals surface area contributed by atoms with E-state index in [2.05, 4.69) is 5.32 Å². The number of amides is 1. The van der Waals surface area contributed by atoms with Gasteiger partial charge in [-0.1, -0.05) is 0 Å². The highest BCUT2D eigenvalue weighted by atomic mass is 16.5. The number of rotatable bonds is 3. The van der Waals surface area contributed by atoms with Crippen molar-refractivity contribution in [1.82, 2.24) is 0 Å². The van der Waals surface area contributed by atoms with Crippen LogP contribution < -0.4 is 5.32 Å². The standard InChI is InChI=1S/C17H17NO5/c19-15(12-9-17(12)3-5-22-6-4-17)18-11-1-2-13-10(7-11)8-14(23-13)16(20)21/h1-2,7-8,12H,3-6,9H2,(H,18,19)(H,20,21). The molecule has 1 spiro atoms. The lowest BCUT2D eigenvalue weighted by atomic mass is 9.93. The van der Waals surface area contributed by atoms with E-state index in [1.165, 1.54) is 6.07 Å². The van der Waals surface area contributed by atoms with Crippen LogP contribution in [0.15, 0.2) is 28.7 Å². The molecule has 2 aromatic rings. The molecule has 4 rings (SSSR count). The van der Waals surface area contributed by atoms with Crippen molar-refractivity contribution in [3.05, 3.63) is 30.0 Å². The Morgan fingerprint density at radius 1 is 1.22 bits per heavy atom. The Kier molecular flexibility index (Phi) is 3.16. The van der Waals surface area contributed by atoms with Gasteiger partial charge in [-0.2, -0.15) is 0 Å². The number of hydrogen-bond donors (Lipinski definition) is 2. The fraction of sp³-hybridized carbons (Fsp3) is 0.412. The van der Waals surface area contributed by atoms with Crippen molar-refractivity contribution >= 4 is 28.5 Å². The van der Waals surface area contributed by atoms with E-state index in [1.54, 1.807) is 18.2 Å². The molecule has 1 unspecified atom stereocenters. The normalized spacial score (nSPS) is 22.2. The highest BCUT2D eigenvalue weighted by molar-refractivity contribution is 5.98. The Hall–Kier alpha value is -2.34. The molecule has 1 aromatic carbocycles. The summed E-state index contributed by atoms with van der Waals surface area (Å²) in [5.74, 6) is -1.12. The topological polar surface area (TPSA) is 88.8 Å². The van der Waals surface area contributed by atoms with Crippen molar-refractivity contribution in [2.75, 3.05) is 18.5 Å². The van der Waals surface area contributed by atoms with Gasteiger partial charge in [0, 0.05) is 30.2 Å². The molecule has 23 heavy (non-hydrogen) atoms. The zero-order valence-electron chi connectivity index (χ0n) is 12.5. The number of carbonyl (C=O) groups is 2. The highest BCUT2D eigenvalue weighted by Crippen LogP contribution is 2.59. The summed E-state index contributed by atoms with van der Waals surface area (Å²) in [5.41, 5.74) is 1.29. The van der Waals surface area contributed by atoms with Crippen LogP contribution in [0.4, 0.5) is 5.69 Å². The van der Waals surface area contributed by atoms with E-state index in [0.717, 1.165) is 32.5 Å². The minimum absolute atomic E-state index is 0.0354. The predicted octanol–water partition coefficient (Wildman–Crippen LogP) is 2.89. The average molecular weight is 315 g/mol. The zero-order chi connectivity index (χ0) is 16.0. The molecule has 1 aliphatic carbocycles. The Morgan fingerprint density at radius 3 is 2.74 bits per heavy atom. The summed E-state index contributed by atoms with van der Waals surface area (Å²) in [6.07, 6.45) is 2.83. The lowest BCUT2D eigenvalue weighted by Crippen LogP contribution is -2.24. The lowest BCUT2D eigenvalue weighted by Gasteiger charge is -2.22. The summed E-state index contributed by atoms with van der Waals surface area (Å²) in [4.78, 5) is 23.4. The maximum atomic E-state index is 12.4. The molecule has 6 heteroatoms. The second-order valence-corrected chi connectivity index (χ2v) is 6.39. The van der Waals surface area contributed by atoms with Gasteiger partial charge in [0.25, 0.3) is 0 Å². The van der Waals surface area contributed by atoms with Gasteiger partial charge in [-0.25, -0.2) is 4.79 Å². The summed E-state index contributed by atoms with van der Waals surface area (Å²) < 4.78 is 10.6. The maximum absolute atomic E-state index is 12.4. The zero-order valence-corrected chi connectivity index (χ0v) is 12.5. The number of carbonyl (C=O) groups excluding carboxylic acids is 1. The van der Waals surface area contributed by atoms with Gasteiger partial charge in [0.2, 0.25) is 11.7 Å². The highest BCUT2D eigenvalue weighted by Gasteiger charge is 2.57. The molecule has 2 aliphatic rings. The van der Waals surface area contributed by atoms with Crippen LogP contribution in [-0.4, -0.2) is 30.2 Å². The van der Waals surface area contributed by atoms with E-state index >= 15 is 0 Å². The first-order valence-corrected chi connectivity index (χ1v) is 7.73. The minimum Gasteiger partial charge on any atom is -0.475 e. The number of benzene rings is 1. The first kappa shape index (κ1) is 14.3. The van der Waals surface area contributed by atoms with Gasteiger partial charge in [0.1, 0.15) is 5.58 Å². The molecule has 6 nitrogen and oxygen atoms in total. The van der Waals surface area contributed by atoms with Crippen molar-refractivity contribution in [2.45, 2.75) is 19.3 Å². The van der Waals surface area contributed by atoms with E-state index in [0.29, 0.717) is 16.7 Å². The number of furan rings is 1. The molecule has 0 radical (unpaired) electrons. The van der Waals surface area contributed by atoms with Crippen LogP contribution >= 0.6 is 0 Å². The van der Waals surface area contributed by atoms with Gasteiger partial charge in [0.15, 0.2) is 0 Å². The van der Waals surface area contributed by atoms with Crippen LogP contribution in [0.3, 0.4) is 0 Å². The number of carboxylic acid groups (broad SMARTS) is 1. The molecular formula is C17H17NO5. The molecule has 1 amide bonds. The van der Waals surface area contributed by atoms with Crippen LogP contribution in [0.1, 0.15) is 29.8 Å². The van der Waals surface area contributed by atoms with E-state index in [1.807, 2.05) is 0 Å². The van der Waals surface area contributed by atoms with Gasteiger partial charge >= 0.3 is 5.97 Å². The van der Waals surface area contributed by atoms with E-state index in [-0.39, 0.29) is 23.0 Å². The van der Waals surface area contributed by atoms with E-state index < -0.39 is 5.97 Å². The van der Waals surface area contributed by atoms with Crippen molar-refractivity contribution < 1.29 is 23.8 Å². The Balaban J connectivity index is 1.49. The first-order chi connectivity index (χ1) is 11.1. The van der Waals surface area contributed by atoms with Gasteiger partial charge in [-0.15, -0.1) is 0 Å². The molecule has 2 N–H and O–H groups in total. The number of carboxylic acids is 1. The monoisotopic (exact) mass is 315 g/mol. The molecule has 1 saturated carbocycles. The number of ether oxygens (including phenoxy) is 1. The summed E-state index contributed by atoms with van der Waals surface area (Å²) >= 11 is 0. The Morgan fingerprint density at radius 2 is 2.00 bits per heavy atom. The molecule has 0 bridgehead atoms. The number of aromatic carboxylic acids is 1. The smallest absolute Gasteiger partial charge is 0.371 e. The summed E-state index contributed by atoms with van der Waals surface area (Å²) in [7, 11) is 0. The van der Waals surface area contributed by atoms with Crippen LogP contribution in [0.5, 0.6) is 0 Å². The fourth-order valence-corrected chi connectivity index (χ4v) is 3.50. The number of fused-ring (bicyclic) bond motifs is 1. The van der Waals surface area contributed by atoms with Crippen molar-refractivity contribution in [3.8, 4) is 0 Å². The van der Waals surface area contributed by atoms with Crippen LogP contribution in [0.2, 0.25) is 0 Å². The molecule has 1 atom stereocenters. The average Bonchev–Trinajstić information content (AvgIpc) is 3.05. The number of anilines is 1. The summed E-state index contributed by atoms with van der Waals surface area (Å²) in [5, 5.41) is 12.5. The summed E-state index contributed by atoms with van der Waals surface area (Å²) in [6.45, 7) is 1.48. The van der Waals surface area contributed by atoms with Crippen molar-refractivity contribution in [3.63, 3.8) is 0 Å². The third-order valence-corrected chi connectivity index (χ3v) is 4.99. The third kappa shape index (κ3) is 2.49. The lowest BCUT2D eigenvalue weighted by molar-refractivity contribution is -0.118. The second kappa shape index (κ2) is 5.09. The first-order valence-electron chi connectivity index (χ1n) is 7.73. The molecule has 1 saturated heterocycles. The number of hydrogen-bond acceptors (Lipinski definition) is 4. The maximum Gasteiger partial charge on any atom is 0.371 e. The van der Waals surface area contributed by atoms with E-state index in [4.69, 9.17) is 14.3 Å². The molecule has 2 heterocycles. The third-order valence-electron chi connectivity index (χ3n) is 4.99. The summed E-state index contributed by atoms with van der Waals surface area (Å²) in [6, 6.07) is 6.61. The van der Waals surface area contributed by atoms with Gasteiger partial charge < -0.3 is 19.6 Å².